The lowest BCUT2D eigenvalue weighted by Crippen LogP contribution is -2.14. The number of hydrogen-bond donors (Lipinski definition) is 2. The average Bonchev–Trinajstić information content (AvgIpc) is 2.73. The van der Waals surface area contributed by atoms with E-state index in [0.717, 1.165) is 11.1 Å². The summed E-state index contributed by atoms with van der Waals surface area (Å²) in [5, 5.41) is 18.2. The highest BCUT2D eigenvalue weighted by atomic mass is 32.2. The van der Waals surface area contributed by atoms with E-state index in [4.69, 9.17) is 10.4 Å². The first-order valence-electron chi connectivity index (χ1n) is 8.82. The summed E-state index contributed by atoms with van der Waals surface area (Å²) in [7, 11) is -3.87. The minimum atomic E-state index is -3.87. The summed E-state index contributed by atoms with van der Waals surface area (Å²) in [5.74, 6) is -0.957. The molecule has 0 fully saturated rings. The molecular weight excluding hydrogens is 388 g/mol. The van der Waals surface area contributed by atoms with Crippen molar-refractivity contribution in [2.24, 2.45) is 0 Å². The largest absolute Gasteiger partial charge is 0.478 e. The van der Waals surface area contributed by atoms with Crippen LogP contribution in [0, 0.1) is 11.3 Å². The summed E-state index contributed by atoms with van der Waals surface area (Å²) in [6.45, 7) is 0. The molecule has 0 bridgehead atoms. The van der Waals surface area contributed by atoms with E-state index in [2.05, 4.69) is 4.72 Å². The number of carboxylic acid groups (broad SMARTS) is 1. The van der Waals surface area contributed by atoms with Gasteiger partial charge in [0.15, 0.2) is 0 Å². The lowest BCUT2D eigenvalue weighted by molar-refractivity contribution is 0.0696. The summed E-state index contributed by atoms with van der Waals surface area (Å²) < 4.78 is 27.6. The van der Waals surface area contributed by atoms with Gasteiger partial charge in [-0.3, -0.25) is 4.72 Å². The highest BCUT2D eigenvalue weighted by Gasteiger charge is 2.18. The fourth-order valence-corrected chi connectivity index (χ4v) is 4.11. The van der Waals surface area contributed by atoms with Crippen molar-refractivity contribution in [1.29, 1.82) is 5.26 Å². The standard InChI is InChI=1S/C22H18N2O4S/c23-15-19-5-1-2-7-21(19)29(27,28)24-20-12-10-16(11-13-20)8-9-17-4-3-6-18(14-17)22(25)26/h1-7,10-14,24H,8-9H2,(H,25,26). The topological polar surface area (TPSA) is 107 Å². The number of nitriles is 1. The fraction of sp³-hybridized carbons (Fsp3) is 0.0909. The van der Waals surface area contributed by atoms with Crippen LogP contribution < -0.4 is 4.72 Å². The maximum atomic E-state index is 12.6. The summed E-state index contributed by atoms with van der Waals surface area (Å²) in [5.41, 5.74) is 2.65. The van der Waals surface area contributed by atoms with Gasteiger partial charge in [0.2, 0.25) is 0 Å². The summed E-state index contributed by atoms with van der Waals surface area (Å²) in [6, 6.07) is 21.7. The van der Waals surface area contributed by atoms with Gasteiger partial charge in [-0.2, -0.15) is 5.26 Å². The van der Waals surface area contributed by atoms with Crippen molar-refractivity contribution in [3.8, 4) is 6.07 Å². The van der Waals surface area contributed by atoms with Gasteiger partial charge in [-0.25, -0.2) is 13.2 Å². The van der Waals surface area contributed by atoms with Crippen LogP contribution in [0.15, 0.2) is 77.7 Å². The Balaban J connectivity index is 1.68. The predicted molar refractivity (Wildman–Crippen MR) is 109 cm³/mol. The average molecular weight is 406 g/mol. The number of anilines is 1. The second-order valence-corrected chi connectivity index (χ2v) is 8.07. The van der Waals surface area contributed by atoms with E-state index in [9.17, 15) is 13.2 Å². The van der Waals surface area contributed by atoms with Crippen LogP contribution in [-0.2, 0) is 22.9 Å². The number of nitrogens with one attached hydrogen (secondary N) is 1. The number of carbonyl (C=O) groups is 1. The van der Waals surface area contributed by atoms with Crippen LogP contribution >= 0.6 is 0 Å². The fourth-order valence-electron chi connectivity index (χ4n) is 2.89. The third kappa shape index (κ3) is 5.00. The highest BCUT2D eigenvalue weighted by molar-refractivity contribution is 7.92. The van der Waals surface area contributed by atoms with Gasteiger partial charge in [-0.05, 0) is 60.4 Å². The van der Waals surface area contributed by atoms with Gasteiger partial charge in [0.1, 0.15) is 11.0 Å². The molecule has 0 heterocycles. The molecule has 3 rings (SSSR count). The molecule has 146 valence electrons. The molecule has 0 aliphatic heterocycles. The van der Waals surface area contributed by atoms with Crippen molar-refractivity contribution in [2.45, 2.75) is 17.7 Å². The Morgan fingerprint density at radius 3 is 2.31 bits per heavy atom. The van der Waals surface area contributed by atoms with E-state index in [1.54, 1.807) is 42.5 Å². The van der Waals surface area contributed by atoms with E-state index in [1.807, 2.05) is 24.3 Å². The zero-order valence-corrected chi connectivity index (χ0v) is 16.2. The van der Waals surface area contributed by atoms with E-state index >= 15 is 0 Å². The van der Waals surface area contributed by atoms with E-state index in [-0.39, 0.29) is 16.0 Å². The van der Waals surface area contributed by atoms with E-state index < -0.39 is 16.0 Å². The molecule has 0 spiro atoms. The summed E-state index contributed by atoms with van der Waals surface area (Å²) in [6.07, 6.45) is 1.36. The Bertz CT molecular complexity index is 1180. The zero-order chi connectivity index (χ0) is 20.9. The van der Waals surface area contributed by atoms with Gasteiger partial charge in [0.25, 0.3) is 10.0 Å². The summed E-state index contributed by atoms with van der Waals surface area (Å²) in [4.78, 5) is 11.0. The first-order chi connectivity index (χ1) is 13.9. The maximum Gasteiger partial charge on any atom is 0.335 e. The zero-order valence-electron chi connectivity index (χ0n) is 15.4. The Hall–Kier alpha value is -3.63. The molecule has 2 N–H and O–H groups in total. The molecule has 6 nitrogen and oxygen atoms in total. The third-order valence-corrected chi connectivity index (χ3v) is 5.82. The number of rotatable bonds is 7. The van der Waals surface area contributed by atoms with Crippen LogP contribution in [0.25, 0.3) is 0 Å². The van der Waals surface area contributed by atoms with Crippen molar-refractivity contribution < 1.29 is 18.3 Å². The Kier molecular flexibility index (Phi) is 5.96. The number of aryl methyl sites for hydroxylation is 2. The molecule has 3 aromatic rings. The molecule has 0 saturated carbocycles. The Morgan fingerprint density at radius 2 is 1.62 bits per heavy atom. The normalized spacial score (nSPS) is 10.9. The molecule has 7 heteroatoms. The Labute approximate surface area is 169 Å². The van der Waals surface area contributed by atoms with Crippen molar-refractivity contribution in [3.05, 3.63) is 95.1 Å². The van der Waals surface area contributed by atoms with Gasteiger partial charge >= 0.3 is 5.97 Å². The highest BCUT2D eigenvalue weighted by Crippen LogP contribution is 2.20. The molecule has 0 aliphatic rings. The molecule has 29 heavy (non-hydrogen) atoms. The number of sulfonamides is 1. The van der Waals surface area contributed by atoms with Crippen molar-refractivity contribution in [3.63, 3.8) is 0 Å². The monoisotopic (exact) mass is 406 g/mol. The van der Waals surface area contributed by atoms with Gasteiger partial charge < -0.3 is 5.11 Å². The second kappa shape index (κ2) is 8.59. The van der Waals surface area contributed by atoms with Crippen molar-refractivity contribution in [1.82, 2.24) is 0 Å². The predicted octanol–water partition coefficient (Wildman–Crippen LogP) is 3.84. The lowest BCUT2D eigenvalue weighted by Gasteiger charge is -2.10. The molecule has 0 radical (unpaired) electrons. The van der Waals surface area contributed by atoms with E-state index in [0.29, 0.717) is 18.5 Å². The first kappa shape index (κ1) is 20.1. The molecule has 0 aliphatic carbocycles. The van der Waals surface area contributed by atoms with Gasteiger partial charge in [-0.15, -0.1) is 0 Å². The minimum absolute atomic E-state index is 0.0649. The van der Waals surface area contributed by atoms with Crippen LogP contribution in [0.5, 0.6) is 0 Å². The van der Waals surface area contributed by atoms with Crippen molar-refractivity contribution >= 4 is 21.7 Å². The van der Waals surface area contributed by atoms with Gasteiger partial charge in [-0.1, -0.05) is 36.4 Å². The molecular formula is C22H18N2O4S. The number of benzene rings is 3. The van der Waals surface area contributed by atoms with Crippen molar-refractivity contribution in [2.75, 3.05) is 4.72 Å². The lowest BCUT2D eigenvalue weighted by atomic mass is 10.0. The molecule has 0 saturated heterocycles. The molecule has 3 aromatic carbocycles. The van der Waals surface area contributed by atoms with Gasteiger partial charge in [0.05, 0.1) is 11.1 Å². The third-order valence-electron chi connectivity index (χ3n) is 4.38. The maximum absolute atomic E-state index is 12.6. The summed E-state index contributed by atoms with van der Waals surface area (Å²) >= 11 is 0. The number of carboxylic acids is 1. The van der Waals surface area contributed by atoms with Crippen LogP contribution in [0.4, 0.5) is 5.69 Å². The van der Waals surface area contributed by atoms with Gasteiger partial charge in [0, 0.05) is 5.69 Å². The smallest absolute Gasteiger partial charge is 0.335 e. The van der Waals surface area contributed by atoms with Crippen LogP contribution in [-0.4, -0.2) is 19.5 Å². The second-order valence-electron chi connectivity index (χ2n) is 6.42. The SMILES string of the molecule is N#Cc1ccccc1S(=O)(=O)Nc1ccc(CCc2cccc(C(=O)O)c2)cc1. The molecule has 0 aromatic heterocycles. The molecule has 0 unspecified atom stereocenters. The molecule has 0 atom stereocenters. The number of nitrogens with zero attached hydrogens (tertiary/aromatic N) is 1. The molecule has 0 amide bonds. The minimum Gasteiger partial charge on any atom is -0.478 e. The quantitative estimate of drug-likeness (QED) is 0.620. The van der Waals surface area contributed by atoms with E-state index in [1.165, 1.54) is 12.1 Å². The Morgan fingerprint density at radius 1 is 0.931 bits per heavy atom. The van der Waals surface area contributed by atoms with Crippen LogP contribution in [0.3, 0.4) is 0 Å². The van der Waals surface area contributed by atoms with Crippen LogP contribution in [0.2, 0.25) is 0 Å². The van der Waals surface area contributed by atoms with Crippen LogP contribution in [0.1, 0.15) is 27.0 Å². The first-order valence-corrected chi connectivity index (χ1v) is 10.3. The number of aromatic carboxylic acids is 1. The number of hydrogen-bond acceptors (Lipinski definition) is 4.